The molecule has 0 fully saturated rings. The van der Waals surface area contributed by atoms with Crippen molar-refractivity contribution < 1.29 is 9.90 Å². The highest BCUT2D eigenvalue weighted by atomic mass is 16.4. The molecule has 1 heterocycles. The van der Waals surface area contributed by atoms with Crippen molar-refractivity contribution >= 4 is 17.9 Å². The van der Waals surface area contributed by atoms with E-state index in [9.17, 15) is 4.79 Å². The van der Waals surface area contributed by atoms with Gasteiger partial charge in [-0.25, -0.2) is 15.6 Å². The predicted molar refractivity (Wildman–Crippen MR) is 52.0 cm³/mol. The van der Waals surface area contributed by atoms with Gasteiger partial charge in [-0.2, -0.15) is 10.2 Å². The molecule has 0 spiro atoms. The van der Waals surface area contributed by atoms with Crippen molar-refractivity contribution in [1.82, 2.24) is 4.98 Å². The molecular weight excluding hydrogens is 184 g/mol. The summed E-state index contributed by atoms with van der Waals surface area (Å²) in [6.07, 6.45) is 2.84. The molecule has 0 aliphatic carbocycles. The van der Waals surface area contributed by atoms with Gasteiger partial charge in [-0.3, -0.25) is 0 Å². The number of rotatable bonds is 3. The van der Waals surface area contributed by atoms with Crippen LogP contribution >= 0.6 is 0 Å². The van der Waals surface area contributed by atoms with Crippen LogP contribution in [0.3, 0.4) is 0 Å². The largest absolute Gasteiger partial charge is 0.476 e. The Morgan fingerprint density at radius 2 is 2.50 bits per heavy atom. The summed E-state index contributed by atoms with van der Waals surface area (Å²) in [6, 6.07) is 3.12. The lowest BCUT2D eigenvalue weighted by molar-refractivity contribution is 0.0691. The summed E-state index contributed by atoms with van der Waals surface area (Å²) in [4.78, 5) is 14.4. The summed E-state index contributed by atoms with van der Waals surface area (Å²) in [5.74, 6) is 4.34. The number of carboxylic acid groups (broad SMARTS) is 1. The lowest BCUT2D eigenvalue weighted by atomic mass is 10.3. The van der Waals surface area contributed by atoms with E-state index in [-0.39, 0.29) is 11.4 Å². The number of hydrazone groups is 1. The quantitative estimate of drug-likeness (QED) is 0.414. The summed E-state index contributed by atoms with van der Waals surface area (Å²) in [5, 5.41) is 13.5. The van der Waals surface area contributed by atoms with E-state index in [1.165, 1.54) is 18.5 Å². The van der Waals surface area contributed by atoms with Gasteiger partial charge in [0, 0.05) is 12.4 Å². The second kappa shape index (κ2) is 4.33. The fraction of sp³-hybridized carbons (Fsp3) is 0.125. The highest BCUT2D eigenvalue weighted by molar-refractivity contribution is 5.92. The molecule has 14 heavy (non-hydrogen) atoms. The van der Waals surface area contributed by atoms with Crippen molar-refractivity contribution in [3.63, 3.8) is 0 Å². The van der Waals surface area contributed by atoms with E-state index < -0.39 is 5.97 Å². The molecule has 3 N–H and O–H groups in total. The molecule has 0 saturated heterocycles. The predicted octanol–water partition coefficient (Wildman–Crippen LogP) is 0.466. The van der Waals surface area contributed by atoms with Gasteiger partial charge in [0.25, 0.3) is 0 Å². The maximum absolute atomic E-state index is 10.7. The highest BCUT2D eigenvalue weighted by Crippen LogP contribution is 2.15. The molecule has 74 valence electrons. The zero-order valence-corrected chi connectivity index (χ0v) is 7.58. The first-order valence-electron chi connectivity index (χ1n) is 3.88. The number of aromatic nitrogens is 1. The zero-order valence-electron chi connectivity index (χ0n) is 7.58. The molecular formula is C8H10N4O2. The van der Waals surface area contributed by atoms with Crippen molar-refractivity contribution in [2.24, 2.45) is 10.9 Å². The number of nitrogens with zero attached hydrogens (tertiary/aromatic N) is 3. The number of carbonyl (C=O) groups is 1. The molecule has 1 rings (SSSR count). The first-order chi connectivity index (χ1) is 6.66. The molecule has 0 aliphatic rings. The van der Waals surface area contributed by atoms with Crippen molar-refractivity contribution in [3.05, 3.63) is 24.0 Å². The van der Waals surface area contributed by atoms with E-state index in [2.05, 4.69) is 10.1 Å². The molecule has 1 aromatic heterocycles. The lowest BCUT2D eigenvalue weighted by Gasteiger charge is -2.12. The van der Waals surface area contributed by atoms with Gasteiger partial charge in [-0.1, -0.05) is 0 Å². The number of hydrogen-bond acceptors (Lipinski definition) is 5. The molecule has 0 amide bonds. The summed E-state index contributed by atoms with van der Waals surface area (Å²) in [6.45, 7) is 1.68. The second-order valence-corrected chi connectivity index (χ2v) is 2.39. The third-order valence-electron chi connectivity index (χ3n) is 1.48. The monoisotopic (exact) mass is 194 g/mol. The maximum atomic E-state index is 10.7. The van der Waals surface area contributed by atoms with Crippen molar-refractivity contribution in [1.29, 1.82) is 0 Å². The van der Waals surface area contributed by atoms with Crippen molar-refractivity contribution in [3.8, 4) is 0 Å². The molecule has 6 heteroatoms. The van der Waals surface area contributed by atoms with Gasteiger partial charge in [-0.15, -0.1) is 0 Å². The van der Waals surface area contributed by atoms with Crippen LogP contribution in [0, 0.1) is 0 Å². The normalized spacial score (nSPS) is 10.4. The van der Waals surface area contributed by atoms with Crippen LogP contribution < -0.4 is 11.0 Å². The fourth-order valence-electron chi connectivity index (χ4n) is 0.933. The molecule has 0 bridgehead atoms. The molecule has 0 aliphatic heterocycles. The van der Waals surface area contributed by atoms with Crippen LogP contribution in [0.4, 0.5) is 5.69 Å². The SMILES string of the molecule is C/C=N\N(N)c1cccnc1C(=O)O. The standard InChI is InChI=1S/C8H10N4O2/c1-2-11-12(9)6-4-3-5-10-7(6)8(13)14/h2-5H,9H2,1H3,(H,13,14)/b11-2-. The minimum absolute atomic E-state index is 0.124. The minimum Gasteiger partial charge on any atom is -0.476 e. The Balaban J connectivity index is 3.12. The third kappa shape index (κ3) is 2.05. The van der Waals surface area contributed by atoms with Crippen LogP contribution in [0.25, 0.3) is 0 Å². The maximum Gasteiger partial charge on any atom is 0.356 e. The molecule has 0 unspecified atom stereocenters. The summed E-state index contributed by atoms with van der Waals surface area (Å²) in [5.41, 5.74) is 0.124. The van der Waals surface area contributed by atoms with Gasteiger partial charge in [0.05, 0.1) is 0 Å². The van der Waals surface area contributed by atoms with Crippen molar-refractivity contribution in [2.75, 3.05) is 5.12 Å². The number of aromatic carboxylic acids is 1. The number of hydrogen-bond donors (Lipinski definition) is 2. The number of carboxylic acids is 1. The zero-order chi connectivity index (χ0) is 10.6. The van der Waals surface area contributed by atoms with E-state index in [4.69, 9.17) is 10.9 Å². The molecule has 0 saturated carbocycles. The Bertz CT molecular complexity index is 364. The molecule has 0 aromatic carbocycles. The topological polar surface area (TPSA) is 91.8 Å². The Hall–Kier alpha value is -1.95. The van der Waals surface area contributed by atoms with E-state index >= 15 is 0 Å². The van der Waals surface area contributed by atoms with E-state index in [1.807, 2.05) is 0 Å². The Morgan fingerprint density at radius 3 is 3.07 bits per heavy atom. The Morgan fingerprint density at radius 1 is 1.79 bits per heavy atom. The first kappa shape index (κ1) is 10.1. The number of pyridine rings is 1. The summed E-state index contributed by atoms with van der Waals surface area (Å²) in [7, 11) is 0. The van der Waals surface area contributed by atoms with E-state index in [0.717, 1.165) is 5.12 Å². The summed E-state index contributed by atoms with van der Waals surface area (Å²) >= 11 is 0. The van der Waals surface area contributed by atoms with Crippen LogP contribution in [-0.4, -0.2) is 22.3 Å². The van der Waals surface area contributed by atoms with E-state index in [0.29, 0.717) is 0 Å². The summed E-state index contributed by atoms with van der Waals surface area (Å²) < 4.78 is 0. The van der Waals surface area contributed by atoms with Crippen LogP contribution in [0.15, 0.2) is 23.4 Å². The average Bonchev–Trinajstić information content (AvgIpc) is 2.18. The van der Waals surface area contributed by atoms with Crippen LogP contribution in [0.5, 0.6) is 0 Å². The van der Waals surface area contributed by atoms with Gasteiger partial charge < -0.3 is 5.11 Å². The highest BCUT2D eigenvalue weighted by Gasteiger charge is 2.13. The molecule has 1 aromatic rings. The van der Waals surface area contributed by atoms with Gasteiger partial charge in [-0.05, 0) is 19.1 Å². The Labute approximate surface area is 80.6 Å². The van der Waals surface area contributed by atoms with Crippen LogP contribution in [-0.2, 0) is 0 Å². The lowest BCUT2D eigenvalue weighted by Crippen LogP contribution is -2.26. The third-order valence-corrected chi connectivity index (χ3v) is 1.48. The average molecular weight is 194 g/mol. The molecule has 0 radical (unpaired) electrons. The van der Waals surface area contributed by atoms with Gasteiger partial charge >= 0.3 is 5.97 Å². The van der Waals surface area contributed by atoms with Crippen molar-refractivity contribution in [2.45, 2.75) is 6.92 Å². The molecule has 0 atom stereocenters. The van der Waals surface area contributed by atoms with Crippen LogP contribution in [0.1, 0.15) is 17.4 Å². The van der Waals surface area contributed by atoms with Gasteiger partial charge in [0.2, 0.25) is 0 Å². The first-order valence-corrected chi connectivity index (χ1v) is 3.88. The molecule has 6 nitrogen and oxygen atoms in total. The fourth-order valence-corrected chi connectivity index (χ4v) is 0.933. The number of anilines is 1. The van der Waals surface area contributed by atoms with Gasteiger partial charge in [0.1, 0.15) is 5.69 Å². The smallest absolute Gasteiger partial charge is 0.356 e. The minimum atomic E-state index is -1.14. The number of hydrazine groups is 1. The number of nitrogens with two attached hydrogens (primary N) is 1. The van der Waals surface area contributed by atoms with Crippen LogP contribution in [0.2, 0.25) is 0 Å². The Kier molecular flexibility index (Phi) is 3.14. The van der Waals surface area contributed by atoms with Gasteiger partial charge in [0.15, 0.2) is 5.69 Å². The second-order valence-electron chi connectivity index (χ2n) is 2.39. The van der Waals surface area contributed by atoms with E-state index in [1.54, 1.807) is 13.0 Å².